The predicted molar refractivity (Wildman–Crippen MR) is 359 cm³/mol. The van der Waals surface area contributed by atoms with E-state index in [1.54, 1.807) is 0 Å². The van der Waals surface area contributed by atoms with Gasteiger partial charge in [-0.3, -0.25) is 4.79 Å². The number of aliphatic hydroxyl groups is 5. The van der Waals surface area contributed by atoms with Crippen LogP contribution in [0.2, 0.25) is 0 Å². The molecule has 0 aromatic carbocycles. The molecule has 0 aromatic heterocycles. The third-order valence-electron chi connectivity index (χ3n) is 15.8. The zero-order chi connectivity index (χ0) is 60.7. The van der Waals surface area contributed by atoms with Crippen molar-refractivity contribution in [2.24, 2.45) is 0 Å². The second kappa shape index (κ2) is 62.6. The van der Waals surface area contributed by atoms with Gasteiger partial charge in [-0.15, -0.1) is 0 Å². The molecule has 1 saturated heterocycles. The van der Waals surface area contributed by atoms with Gasteiger partial charge in [-0.05, 0) is 89.9 Å². The lowest BCUT2D eigenvalue weighted by Gasteiger charge is -2.40. The van der Waals surface area contributed by atoms with Gasteiger partial charge in [0.2, 0.25) is 5.91 Å². The van der Waals surface area contributed by atoms with Gasteiger partial charge in [0, 0.05) is 6.42 Å². The van der Waals surface area contributed by atoms with Gasteiger partial charge in [-0.1, -0.05) is 315 Å². The monoisotopic (exact) mass is 1170 g/mol. The summed E-state index contributed by atoms with van der Waals surface area (Å²) in [5, 5.41) is 54.9. The fourth-order valence-electron chi connectivity index (χ4n) is 10.4. The molecule has 7 atom stereocenters. The summed E-state index contributed by atoms with van der Waals surface area (Å²) in [6, 6.07) is -0.730. The molecule has 9 nitrogen and oxygen atoms in total. The molecule has 1 aliphatic rings. The second-order valence-corrected chi connectivity index (χ2v) is 23.6. The van der Waals surface area contributed by atoms with Gasteiger partial charge in [0.15, 0.2) is 6.29 Å². The molecular formula is C75H129NO8. The van der Waals surface area contributed by atoms with E-state index in [0.29, 0.717) is 12.8 Å². The molecule has 1 rings (SSSR count). The minimum Gasteiger partial charge on any atom is -0.394 e. The number of hydrogen-bond acceptors (Lipinski definition) is 8. The first kappa shape index (κ1) is 78.6. The Morgan fingerprint density at radius 2 is 0.738 bits per heavy atom. The van der Waals surface area contributed by atoms with Crippen LogP contribution in [0.3, 0.4) is 0 Å². The number of ether oxygens (including phenoxy) is 2. The maximum atomic E-state index is 13.1. The highest BCUT2D eigenvalue weighted by Crippen LogP contribution is 2.23. The van der Waals surface area contributed by atoms with Crippen molar-refractivity contribution < 1.29 is 39.8 Å². The Hall–Kier alpha value is -3.41. The first-order valence-electron chi connectivity index (χ1n) is 34.7. The maximum Gasteiger partial charge on any atom is 0.220 e. The molecule has 482 valence electrons. The number of carbonyl (C=O) groups excluding carboxylic acids is 1. The number of hydrogen-bond donors (Lipinski definition) is 6. The zero-order valence-electron chi connectivity index (χ0n) is 53.9. The summed E-state index contributed by atoms with van der Waals surface area (Å²) in [6.07, 6.45) is 86.8. The molecule has 0 spiro atoms. The van der Waals surface area contributed by atoms with E-state index in [9.17, 15) is 30.3 Å². The Morgan fingerprint density at radius 1 is 0.417 bits per heavy atom. The third-order valence-corrected chi connectivity index (χ3v) is 15.8. The molecule has 0 radical (unpaired) electrons. The summed E-state index contributed by atoms with van der Waals surface area (Å²) in [5.74, 6) is -0.150. The molecule has 7 unspecified atom stereocenters. The molecule has 0 aliphatic carbocycles. The highest BCUT2D eigenvalue weighted by atomic mass is 16.7. The lowest BCUT2D eigenvalue weighted by Crippen LogP contribution is -2.60. The minimum absolute atomic E-state index is 0.144. The topological polar surface area (TPSA) is 149 Å². The quantitative estimate of drug-likeness (QED) is 0.0261. The Bertz CT molecular complexity index is 1740. The average molecular weight is 1170 g/mol. The number of rotatable bonds is 59. The SMILES string of the molecule is CC/C=C\C/C=C\C/C=C\C/C=C\C/C=C\C/C=C\C/C=C\C/C=C\C/C=C\C/C=C\CCCCCCCCCCCCC(=O)NC(COC1OC(CO)C(O)C(O)C1O)C(O)CCCCCCCCCCCCCCCCCCCCCC. The Kier molecular flexibility index (Phi) is 58.6. The summed E-state index contributed by atoms with van der Waals surface area (Å²) in [6.45, 7) is 3.74. The van der Waals surface area contributed by atoms with Gasteiger partial charge >= 0.3 is 0 Å². The van der Waals surface area contributed by atoms with Crippen molar-refractivity contribution >= 4 is 5.91 Å². The molecule has 84 heavy (non-hydrogen) atoms. The van der Waals surface area contributed by atoms with E-state index in [4.69, 9.17) is 9.47 Å². The van der Waals surface area contributed by atoms with Crippen molar-refractivity contribution in [2.45, 2.75) is 333 Å². The Labute approximate surface area is 516 Å². The van der Waals surface area contributed by atoms with Crippen LogP contribution < -0.4 is 5.32 Å². The smallest absolute Gasteiger partial charge is 0.220 e. The number of unbranched alkanes of at least 4 members (excludes halogenated alkanes) is 29. The second-order valence-electron chi connectivity index (χ2n) is 23.6. The lowest BCUT2D eigenvalue weighted by molar-refractivity contribution is -0.302. The lowest BCUT2D eigenvalue weighted by atomic mass is 9.99. The zero-order valence-corrected chi connectivity index (χ0v) is 53.9. The van der Waals surface area contributed by atoms with Crippen molar-refractivity contribution in [3.8, 4) is 0 Å². The molecule has 0 saturated carbocycles. The van der Waals surface area contributed by atoms with Gasteiger partial charge < -0.3 is 40.3 Å². The Balaban J connectivity index is 2.13. The highest BCUT2D eigenvalue weighted by molar-refractivity contribution is 5.76. The van der Waals surface area contributed by atoms with Crippen LogP contribution in [0.4, 0.5) is 0 Å². The number of amides is 1. The van der Waals surface area contributed by atoms with E-state index in [1.807, 2.05) is 0 Å². The fourth-order valence-corrected chi connectivity index (χ4v) is 10.4. The van der Waals surface area contributed by atoms with Crippen LogP contribution in [0, 0.1) is 0 Å². The van der Waals surface area contributed by atoms with E-state index in [-0.39, 0.29) is 12.5 Å². The van der Waals surface area contributed by atoms with Gasteiger partial charge in [-0.2, -0.15) is 0 Å². The maximum absolute atomic E-state index is 13.1. The molecule has 1 aliphatic heterocycles. The van der Waals surface area contributed by atoms with Gasteiger partial charge in [-0.25, -0.2) is 0 Å². The molecule has 1 fully saturated rings. The van der Waals surface area contributed by atoms with E-state index in [1.165, 1.54) is 154 Å². The number of carbonyl (C=O) groups is 1. The van der Waals surface area contributed by atoms with Crippen LogP contribution in [-0.4, -0.2) is 87.5 Å². The van der Waals surface area contributed by atoms with Crippen molar-refractivity contribution in [2.75, 3.05) is 13.2 Å². The van der Waals surface area contributed by atoms with E-state index in [2.05, 4.69) is 141 Å². The van der Waals surface area contributed by atoms with Crippen LogP contribution in [-0.2, 0) is 14.3 Å². The van der Waals surface area contributed by atoms with Gasteiger partial charge in [0.05, 0.1) is 25.4 Å². The van der Waals surface area contributed by atoms with Crippen LogP contribution >= 0.6 is 0 Å². The summed E-state index contributed by atoms with van der Waals surface area (Å²) in [5.41, 5.74) is 0. The van der Waals surface area contributed by atoms with Gasteiger partial charge in [0.1, 0.15) is 24.4 Å². The minimum atomic E-state index is -1.56. The number of nitrogens with one attached hydrogen (secondary N) is 1. The van der Waals surface area contributed by atoms with Crippen molar-refractivity contribution in [1.82, 2.24) is 5.32 Å². The van der Waals surface area contributed by atoms with Crippen molar-refractivity contribution in [1.29, 1.82) is 0 Å². The van der Waals surface area contributed by atoms with Crippen LogP contribution in [0.15, 0.2) is 122 Å². The van der Waals surface area contributed by atoms with Crippen LogP contribution in [0.1, 0.15) is 290 Å². The molecule has 6 N–H and O–H groups in total. The van der Waals surface area contributed by atoms with Crippen LogP contribution in [0.5, 0.6) is 0 Å². The third kappa shape index (κ3) is 50.7. The summed E-state index contributed by atoms with van der Waals surface area (Å²) >= 11 is 0. The van der Waals surface area contributed by atoms with E-state index in [0.717, 1.165) is 109 Å². The molecule has 0 aromatic rings. The van der Waals surface area contributed by atoms with E-state index < -0.39 is 49.5 Å². The highest BCUT2D eigenvalue weighted by Gasteiger charge is 2.44. The standard InChI is InChI=1S/C75H129NO8/c1-3-5-7-9-11-13-15-17-19-21-23-25-26-27-28-29-30-31-32-33-34-35-36-37-38-39-40-41-42-43-44-45-47-49-51-53-55-57-59-61-63-65-71(79)76-68(67-83-75-74(82)73(81)72(80)70(66-77)84-75)69(78)64-62-60-58-56-54-52-50-48-46-24-22-20-18-16-14-12-10-8-6-4-2/h5,7,11,13,17,19,23,25,27-28,30-31,33-34,36-37,39-40,42-43,68-70,72-75,77-78,80-82H,3-4,6,8-10,12,14-16,18,20-22,24,26,29,32,35,38,41,44-67H2,1-2H3,(H,76,79)/b7-5-,13-11-,19-17-,25-23-,28-27-,31-30-,34-33-,37-36-,40-39-,43-42-. The molecule has 0 bridgehead atoms. The summed E-state index contributed by atoms with van der Waals surface area (Å²) in [7, 11) is 0. The molecular weight excluding hydrogens is 1040 g/mol. The molecule has 1 amide bonds. The predicted octanol–water partition coefficient (Wildman–Crippen LogP) is 19.0. The number of allylic oxidation sites excluding steroid dienone is 20. The first-order valence-corrected chi connectivity index (χ1v) is 34.7. The van der Waals surface area contributed by atoms with Crippen molar-refractivity contribution in [3.63, 3.8) is 0 Å². The summed E-state index contributed by atoms with van der Waals surface area (Å²) in [4.78, 5) is 13.1. The first-order chi connectivity index (χ1) is 41.3. The molecule has 9 heteroatoms. The van der Waals surface area contributed by atoms with Crippen molar-refractivity contribution in [3.05, 3.63) is 122 Å². The van der Waals surface area contributed by atoms with E-state index >= 15 is 0 Å². The number of aliphatic hydroxyl groups excluding tert-OH is 5. The van der Waals surface area contributed by atoms with Gasteiger partial charge in [0.25, 0.3) is 0 Å². The molecule has 1 heterocycles. The Morgan fingerprint density at radius 3 is 1.10 bits per heavy atom. The largest absolute Gasteiger partial charge is 0.394 e. The normalized spacial score (nSPS) is 19.0. The fraction of sp³-hybridized carbons (Fsp3) is 0.720. The average Bonchev–Trinajstić information content (AvgIpc) is 3.70. The summed E-state index contributed by atoms with van der Waals surface area (Å²) < 4.78 is 11.4. The van der Waals surface area contributed by atoms with Crippen LogP contribution in [0.25, 0.3) is 0 Å².